The fourth-order valence-corrected chi connectivity index (χ4v) is 4.98. The Morgan fingerprint density at radius 1 is 1.03 bits per heavy atom. The maximum Gasteiger partial charge on any atom is 0.430 e. The number of nitrogens with one attached hydrogen (secondary N) is 1. The molecule has 0 unspecified atom stereocenters. The minimum Gasteiger partial charge on any atom is -0.494 e. The van der Waals surface area contributed by atoms with Gasteiger partial charge in [-0.05, 0) is 62.6 Å². The number of amides is 2. The van der Waals surface area contributed by atoms with Crippen LogP contribution in [0.4, 0.5) is 13.2 Å². The molecule has 0 spiro atoms. The first-order valence-electron chi connectivity index (χ1n) is 13.0. The number of aliphatic hydroxyl groups is 1. The smallest absolute Gasteiger partial charge is 0.430 e. The molecule has 2 aromatic carbocycles. The molecule has 2 amide bonds. The second-order valence-electron chi connectivity index (χ2n) is 10.0. The number of hydrogen-bond donors (Lipinski definition) is 2. The van der Waals surface area contributed by atoms with Gasteiger partial charge in [-0.15, -0.1) is 0 Å². The predicted molar refractivity (Wildman–Crippen MR) is 137 cm³/mol. The van der Waals surface area contributed by atoms with Crippen LogP contribution in [0.5, 0.6) is 5.75 Å². The first-order chi connectivity index (χ1) is 18.1. The SMILES string of the molecule is O=C(NC1CC1)c1ccc(OCCCCC2CCN(C(=O)[C@@](O)(c3ccccc3)C(F)(F)F)CC2)cc1Cl. The molecule has 0 bridgehead atoms. The lowest BCUT2D eigenvalue weighted by Gasteiger charge is -2.38. The fourth-order valence-electron chi connectivity index (χ4n) is 4.73. The molecule has 1 atom stereocenters. The number of rotatable bonds is 10. The van der Waals surface area contributed by atoms with Gasteiger partial charge < -0.3 is 20.1 Å². The Morgan fingerprint density at radius 3 is 2.32 bits per heavy atom. The third-order valence-corrected chi connectivity index (χ3v) is 7.50. The van der Waals surface area contributed by atoms with Crippen LogP contribution >= 0.6 is 11.6 Å². The molecule has 1 saturated carbocycles. The zero-order valence-corrected chi connectivity index (χ0v) is 21.7. The van der Waals surface area contributed by atoms with E-state index in [9.17, 15) is 27.9 Å². The molecule has 206 valence electrons. The van der Waals surface area contributed by atoms with Gasteiger partial charge in [-0.3, -0.25) is 9.59 Å². The van der Waals surface area contributed by atoms with Crippen LogP contribution in [0, 0.1) is 5.92 Å². The number of ether oxygens (including phenoxy) is 1. The molecule has 1 aliphatic carbocycles. The molecule has 1 aliphatic heterocycles. The minimum atomic E-state index is -5.13. The van der Waals surface area contributed by atoms with E-state index in [-0.39, 0.29) is 31.0 Å². The van der Waals surface area contributed by atoms with Crippen molar-refractivity contribution in [2.45, 2.75) is 62.8 Å². The lowest BCUT2D eigenvalue weighted by atomic mass is 9.88. The maximum atomic E-state index is 13.8. The van der Waals surface area contributed by atoms with Crippen LogP contribution < -0.4 is 10.1 Å². The number of alkyl halides is 3. The summed E-state index contributed by atoms with van der Waals surface area (Å²) in [6, 6.07) is 11.8. The first kappa shape index (κ1) is 28.2. The molecule has 0 radical (unpaired) electrons. The number of halogens is 4. The van der Waals surface area contributed by atoms with Crippen LogP contribution in [0.25, 0.3) is 0 Å². The highest BCUT2D eigenvalue weighted by Gasteiger charge is 2.62. The second-order valence-corrected chi connectivity index (χ2v) is 10.5. The molecule has 4 rings (SSSR count). The Bertz CT molecular complexity index is 1120. The van der Waals surface area contributed by atoms with E-state index in [0.29, 0.717) is 35.8 Å². The predicted octanol–water partition coefficient (Wildman–Crippen LogP) is 5.47. The number of unbranched alkanes of at least 4 members (excludes halogenated alkanes) is 1. The van der Waals surface area contributed by atoms with Gasteiger partial charge in [0.2, 0.25) is 0 Å². The Kier molecular flexibility index (Phi) is 8.88. The molecule has 0 aromatic heterocycles. The van der Waals surface area contributed by atoms with Crippen LogP contribution in [-0.4, -0.2) is 53.7 Å². The molecule has 6 nitrogen and oxygen atoms in total. The molecule has 2 aromatic rings. The van der Waals surface area contributed by atoms with Crippen LogP contribution in [0.2, 0.25) is 5.02 Å². The Labute approximate surface area is 225 Å². The summed E-state index contributed by atoms with van der Waals surface area (Å²) >= 11 is 6.24. The van der Waals surface area contributed by atoms with Gasteiger partial charge in [0.25, 0.3) is 17.4 Å². The van der Waals surface area contributed by atoms with Gasteiger partial charge in [-0.1, -0.05) is 48.4 Å². The monoisotopic (exact) mass is 552 g/mol. The molecule has 2 aliphatic rings. The zero-order chi connectivity index (χ0) is 27.3. The van der Waals surface area contributed by atoms with Crippen LogP contribution in [0.3, 0.4) is 0 Å². The van der Waals surface area contributed by atoms with E-state index in [2.05, 4.69) is 5.32 Å². The van der Waals surface area contributed by atoms with Crippen molar-refractivity contribution in [2.75, 3.05) is 19.7 Å². The topological polar surface area (TPSA) is 78.9 Å². The van der Waals surface area contributed by atoms with Crippen molar-refractivity contribution in [3.8, 4) is 5.75 Å². The lowest BCUT2D eigenvalue weighted by molar-refractivity contribution is -0.262. The van der Waals surface area contributed by atoms with Gasteiger partial charge >= 0.3 is 6.18 Å². The largest absolute Gasteiger partial charge is 0.494 e. The van der Waals surface area contributed by atoms with Crippen molar-refractivity contribution in [1.82, 2.24) is 10.2 Å². The number of hydrogen-bond acceptors (Lipinski definition) is 4. The molecule has 38 heavy (non-hydrogen) atoms. The summed E-state index contributed by atoms with van der Waals surface area (Å²) in [6.07, 6.45) is 0.539. The van der Waals surface area contributed by atoms with E-state index in [0.717, 1.165) is 49.1 Å². The van der Waals surface area contributed by atoms with E-state index in [1.807, 2.05) is 0 Å². The van der Waals surface area contributed by atoms with Gasteiger partial charge in [0.1, 0.15) is 5.75 Å². The number of benzene rings is 2. The summed E-state index contributed by atoms with van der Waals surface area (Å²) in [7, 11) is 0. The van der Waals surface area contributed by atoms with E-state index < -0.39 is 23.2 Å². The lowest BCUT2D eigenvalue weighted by Crippen LogP contribution is -2.57. The molecule has 1 heterocycles. The third kappa shape index (κ3) is 6.61. The third-order valence-electron chi connectivity index (χ3n) is 7.19. The highest BCUT2D eigenvalue weighted by molar-refractivity contribution is 6.34. The summed E-state index contributed by atoms with van der Waals surface area (Å²) in [6.45, 7) is 0.811. The number of carbonyl (C=O) groups excluding carboxylic acids is 2. The van der Waals surface area contributed by atoms with E-state index in [4.69, 9.17) is 16.3 Å². The van der Waals surface area contributed by atoms with Crippen molar-refractivity contribution < 1.29 is 32.6 Å². The molecule has 2 N–H and O–H groups in total. The fraction of sp³-hybridized carbons (Fsp3) is 0.500. The summed E-state index contributed by atoms with van der Waals surface area (Å²) < 4.78 is 47.2. The van der Waals surface area contributed by atoms with Crippen molar-refractivity contribution in [3.63, 3.8) is 0 Å². The molecule has 1 saturated heterocycles. The summed E-state index contributed by atoms with van der Waals surface area (Å²) in [5.74, 6) is -0.633. The number of piperidine rings is 1. The number of nitrogens with zero attached hydrogens (tertiary/aromatic N) is 1. The van der Waals surface area contributed by atoms with Crippen molar-refractivity contribution in [2.24, 2.45) is 5.92 Å². The summed E-state index contributed by atoms with van der Waals surface area (Å²) in [5, 5.41) is 13.8. The number of likely N-dealkylation sites (tertiary alicyclic amines) is 1. The van der Waals surface area contributed by atoms with Crippen LogP contribution in [0.1, 0.15) is 60.9 Å². The minimum absolute atomic E-state index is 0.171. The quantitative estimate of drug-likeness (QED) is 0.383. The highest BCUT2D eigenvalue weighted by atomic mass is 35.5. The molecular formula is C28H32ClF3N2O4. The van der Waals surface area contributed by atoms with Gasteiger partial charge in [-0.25, -0.2) is 0 Å². The van der Waals surface area contributed by atoms with Gasteiger partial charge in [0.05, 0.1) is 17.2 Å². The average molecular weight is 553 g/mol. The van der Waals surface area contributed by atoms with Crippen molar-refractivity contribution >= 4 is 23.4 Å². The molecule has 2 fully saturated rings. The molecular weight excluding hydrogens is 521 g/mol. The van der Waals surface area contributed by atoms with Gasteiger partial charge in [0.15, 0.2) is 0 Å². The Balaban J connectivity index is 1.19. The van der Waals surface area contributed by atoms with Crippen molar-refractivity contribution in [1.29, 1.82) is 0 Å². The van der Waals surface area contributed by atoms with Gasteiger partial charge in [0, 0.05) is 24.7 Å². The number of carbonyl (C=O) groups is 2. The maximum absolute atomic E-state index is 13.8. The second kappa shape index (κ2) is 11.9. The van der Waals surface area contributed by atoms with E-state index in [1.165, 1.54) is 18.2 Å². The normalized spacial score (nSPS) is 18.1. The highest BCUT2D eigenvalue weighted by Crippen LogP contribution is 2.41. The summed E-state index contributed by atoms with van der Waals surface area (Å²) in [4.78, 5) is 26.1. The average Bonchev–Trinajstić information content (AvgIpc) is 3.72. The zero-order valence-electron chi connectivity index (χ0n) is 21.0. The van der Waals surface area contributed by atoms with E-state index >= 15 is 0 Å². The standard InChI is InChI=1S/C28H32ClF3N2O4/c29-24-18-22(11-12-23(24)25(35)33-21-9-10-21)38-17-5-4-6-19-13-15-34(16-14-19)26(36)27(37,28(30,31)32)20-7-2-1-3-8-20/h1-3,7-8,11-12,18-19,21,37H,4-6,9-10,13-17H2,(H,33,35)/t27-/m0/s1. The summed E-state index contributed by atoms with van der Waals surface area (Å²) in [5.41, 5.74) is -3.61. The Morgan fingerprint density at radius 2 is 1.71 bits per heavy atom. The Hall–Kier alpha value is -2.78. The first-order valence-corrected chi connectivity index (χ1v) is 13.3. The van der Waals surface area contributed by atoms with Crippen molar-refractivity contribution in [3.05, 3.63) is 64.7 Å². The van der Waals surface area contributed by atoms with Crippen LogP contribution in [-0.2, 0) is 10.4 Å². The van der Waals surface area contributed by atoms with Gasteiger partial charge in [-0.2, -0.15) is 13.2 Å². The van der Waals surface area contributed by atoms with Crippen LogP contribution in [0.15, 0.2) is 48.5 Å². The van der Waals surface area contributed by atoms with E-state index in [1.54, 1.807) is 18.2 Å². The molecule has 10 heteroatoms.